The first-order valence-electron chi connectivity index (χ1n) is 6.88. The molecule has 0 aliphatic carbocycles. The number of carbonyl (C=O) groups is 1. The largest absolute Gasteiger partial charge is 0.411 e. The maximum absolute atomic E-state index is 12.8. The number of thioether (sulfide) groups is 1. The molecule has 5 nitrogen and oxygen atoms in total. The number of hydrogen-bond acceptors (Lipinski definition) is 5. The van der Waals surface area contributed by atoms with E-state index in [0.717, 1.165) is 11.8 Å². The molecule has 0 spiro atoms. The van der Waals surface area contributed by atoms with E-state index in [1.54, 1.807) is 18.2 Å². The van der Waals surface area contributed by atoms with Crippen molar-refractivity contribution in [3.8, 4) is 11.5 Å². The highest BCUT2D eigenvalue weighted by molar-refractivity contribution is 7.99. The number of halogens is 2. The number of aromatic nitrogens is 2. The molecule has 24 heavy (non-hydrogen) atoms. The Morgan fingerprint density at radius 2 is 1.92 bits per heavy atom. The molecule has 0 bridgehead atoms. The Labute approximate surface area is 146 Å². The van der Waals surface area contributed by atoms with E-state index in [2.05, 4.69) is 15.5 Å². The molecular formula is C16H11ClFN3O2S. The Balaban J connectivity index is 1.58. The number of anilines is 1. The van der Waals surface area contributed by atoms with Crippen molar-refractivity contribution in [3.63, 3.8) is 0 Å². The maximum Gasteiger partial charge on any atom is 0.277 e. The lowest BCUT2D eigenvalue weighted by Gasteiger charge is -2.03. The topological polar surface area (TPSA) is 68.0 Å². The first-order valence-corrected chi connectivity index (χ1v) is 8.25. The fourth-order valence-corrected chi connectivity index (χ4v) is 2.65. The van der Waals surface area contributed by atoms with E-state index in [0.29, 0.717) is 22.2 Å². The molecule has 2 aromatic carbocycles. The van der Waals surface area contributed by atoms with Crippen LogP contribution in [0, 0.1) is 5.82 Å². The van der Waals surface area contributed by atoms with Gasteiger partial charge in [-0.2, -0.15) is 0 Å². The van der Waals surface area contributed by atoms with E-state index in [-0.39, 0.29) is 22.7 Å². The number of nitrogens with one attached hydrogen (secondary N) is 1. The van der Waals surface area contributed by atoms with Crippen LogP contribution in [0.5, 0.6) is 0 Å². The second-order valence-corrected chi connectivity index (χ2v) is 6.03. The van der Waals surface area contributed by atoms with Crippen LogP contribution in [-0.4, -0.2) is 21.9 Å². The van der Waals surface area contributed by atoms with Crippen molar-refractivity contribution in [2.75, 3.05) is 11.1 Å². The van der Waals surface area contributed by atoms with Crippen molar-refractivity contribution in [2.45, 2.75) is 5.22 Å². The number of amides is 1. The molecule has 0 radical (unpaired) electrons. The summed E-state index contributed by atoms with van der Waals surface area (Å²) in [6.07, 6.45) is 0. The van der Waals surface area contributed by atoms with Crippen LogP contribution in [0.15, 0.2) is 58.2 Å². The first-order chi connectivity index (χ1) is 11.6. The SMILES string of the molecule is O=C(CSc1nnc(-c2ccccc2Cl)o1)Nc1ccc(F)cc1. The quantitative estimate of drug-likeness (QED) is 0.686. The molecule has 8 heteroatoms. The van der Waals surface area contributed by atoms with Gasteiger partial charge < -0.3 is 9.73 Å². The van der Waals surface area contributed by atoms with E-state index in [9.17, 15) is 9.18 Å². The predicted molar refractivity (Wildman–Crippen MR) is 90.5 cm³/mol. The molecule has 0 saturated heterocycles. The van der Waals surface area contributed by atoms with E-state index < -0.39 is 0 Å². The molecule has 0 atom stereocenters. The summed E-state index contributed by atoms with van der Waals surface area (Å²) in [5, 5.41) is 11.2. The monoisotopic (exact) mass is 363 g/mol. The molecule has 3 rings (SSSR count). The molecule has 1 amide bonds. The lowest BCUT2D eigenvalue weighted by Crippen LogP contribution is -2.13. The lowest BCUT2D eigenvalue weighted by molar-refractivity contribution is -0.113. The highest BCUT2D eigenvalue weighted by atomic mass is 35.5. The smallest absolute Gasteiger partial charge is 0.277 e. The zero-order chi connectivity index (χ0) is 16.9. The summed E-state index contributed by atoms with van der Waals surface area (Å²) in [5.41, 5.74) is 1.15. The Bertz CT molecular complexity index is 855. The van der Waals surface area contributed by atoms with Crippen LogP contribution in [0.4, 0.5) is 10.1 Å². The van der Waals surface area contributed by atoms with E-state index >= 15 is 0 Å². The van der Waals surface area contributed by atoms with E-state index in [1.807, 2.05) is 6.07 Å². The van der Waals surface area contributed by atoms with Gasteiger partial charge in [0.2, 0.25) is 11.8 Å². The van der Waals surface area contributed by atoms with Gasteiger partial charge >= 0.3 is 0 Å². The van der Waals surface area contributed by atoms with Gasteiger partial charge in [-0.25, -0.2) is 4.39 Å². The minimum atomic E-state index is -0.361. The van der Waals surface area contributed by atoms with Crippen LogP contribution < -0.4 is 5.32 Å². The van der Waals surface area contributed by atoms with Crippen LogP contribution in [-0.2, 0) is 4.79 Å². The highest BCUT2D eigenvalue weighted by Gasteiger charge is 2.13. The molecule has 0 saturated carbocycles. The Hall–Kier alpha value is -2.38. The molecule has 122 valence electrons. The third-order valence-corrected chi connectivity index (χ3v) is 4.11. The van der Waals surface area contributed by atoms with Crippen molar-refractivity contribution in [1.29, 1.82) is 0 Å². The number of rotatable bonds is 5. The fourth-order valence-electron chi connectivity index (χ4n) is 1.87. The summed E-state index contributed by atoms with van der Waals surface area (Å²) in [5.74, 6) is -0.242. The third kappa shape index (κ3) is 4.12. The number of carbonyl (C=O) groups excluding carboxylic acids is 1. The normalized spacial score (nSPS) is 10.6. The Morgan fingerprint density at radius 3 is 2.67 bits per heavy atom. The molecule has 3 aromatic rings. The van der Waals surface area contributed by atoms with Crippen molar-refractivity contribution in [1.82, 2.24) is 10.2 Å². The average molecular weight is 364 g/mol. The fraction of sp³-hybridized carbons (Fsp3) is 0.0625. The maximum atomic E-state index is 12.8. The highest BCUT2D eigenvalue weighted by Crippen LogP contribution is 2.28. The number of hydrogen-bond donors (Lipinski definition) is 1. The summed E-state index contributed by atoms with van der Waals surface area (Å²) in [4.78, 5) is 11.9. The number of nitrogens with zero attached hydrogens (tertiary/aromatic N) is 2. The van der Waals surface area contributed by atoms with Gasteiger partial charge in [0.15, 0.2) is 0 Å². The standard InChI is InChI=1S/C16H11ClFN3O2S/c17-13-4-2-1-3-12(13)15-20-21-16(23-15)24-9-14(22)19-11-7-5-10(18)6-8-11/h1-8H,9H2,(H,19,22). The predicted octanol–water partition coefficient (Wildman–Crippen LogP) is 4.26. The summed E-state index contributed by atoms with van der Waals surface area (Å²) in [7, 11) is 0. The molecule has 1 N–H and O–H groups in total. The van der Waals surface area contributed by atoms with Gasteiger partial charge in [0.25, 0.3) is 5.22 Å². The molecule has 0 fully saturated rings. The van der Waals surface area contributed by atoms with E-state index in [1.165, 1.54) is 24.3 Å². The zero-order valence-corrected chi connectivity index (χ0v) is 13.8. The van der Waals surface area contributed by atoms with Crippen LogP contribution in [0.3, 0.4) is 0 Å². The summed E-state index contributed by atoms with van der Waals surface area (Å²) >= 11 is 7.17. The van der Waals surface area contributed by atoms with Gasteiger partial charge in [-0.1, -0.05) is 35.5 Å². The molecular weight excluding hydrogens is 353 g/mol. The Kier molecular flexibility index (Phi) is 5.12. The second kappa shape index (κ2) is 7.46. The minimum absolute atomic E-state index is 0.0849. The van der Waals surface area contributed by atoms with Crippen molar-refractivity contribution in [2.24, 2.45) is 0 Å². The first kappa shape index (κ1) is 16.5. The van der Waals surface area contributed by atoms with Crippen molar-refractivity contribution in [3.05, 3.63) is 59.4 Å². The van der Waals surface area contributed by atoms with Gasteiger partial charge in [-0.3, -0.25) is 4.79 Å². The van der Waals surface area contributed by atoms with Gasteiger partial charge in [-0.15, -0.1) is 10.2 Å². The van der Waals surface area contributed by atoms with Gasteiger partial charge in [-0.05, 0) is 36.4 Å². The number of benzene rings is 2. The lowest BCUT2D eigenvalue weighted by atomic mass is 10.2. The minimum Gasteiger partial charge on any atom is -0.411 e. The van der Waals surface area contributed by atoms with Crippen LogP contribution in [0.1, 0.15) is 0 Å². The summed E-state index contributed by atoms with van der Waals surface area (Å²) in [6.45, 7) is 0. The molecule has 1 aromatic heterocycles. The van der Waals surface area contributed by atoms with Gasteiger partial charge in [0, 0.05) is 5.69 Å². The summed E-state index contributed by atoms with van der Waals surface area (Å²) in [6, 6.07) is 12.6. The Morgan fingerprint density at radius 1 is 1.17 bits per heavy atom. The van der Waals surface area contributed by atoms with Crippen molar-refractivity contribution >= 4 is 35.0 Å². The third-order valence-electron chi connectivity index (χ3n) is 2.97. The summed E-state index contributed by atoms with van der Waals surface area (Å²) < 4.78 is 18.3. The van der Waals surface area contributed by atoms with Crippen molar-refractivity contribution < 1.29 is 13.6 Å². The zero-order valence-electron chi connectivity index (χ0n) is 12.2. The molecule has 0 unspecified atom stereocenters. The molecule has 0 aliphatic rings. The van der Waals surface area contributed by atoms with Crippen LogP contribution >= 0.6 is 23.4 Å². The average Bonchev–Trinajstić information content (AvgIpc) is 3.04. The van der Waals surface area contributed by atoms with Gasteiger partial charge in [0.1, 0.15) is 5.82 Å². The van der Waals surface area contributed by atoms with Crippen LogP contribution in [0.25, 0.3) is 11.5 Å². The molecule has 0 aliphatic heterocycles. The molecule has 1 heterocycles. The van der Waals surface area contributed by atoms with Crippen LogP contribution in [0.2, 0.25) is 5.02 Å². The van der Waals surface area contributed by atoms with E-state index in [4.69, 9.17) is 16.0 Å². The van der Waals surface area contributed by atoms with Gasteiger partial charge in [0.05, 0.1) is 16.3 Å². The second-order valence-electron chi connectivity index (χ2n) is 4.70.